The van der Waals surface area contributed by atoms with Crippen LogP contribution in [-0.2, 0) is 25.6 Å². The van der Waals surface area contributed by atoms with Gasteiger partial charge in [-0.25, -0.2) is 24.4 Å². The van der Waals surface area contributed by atoms with Crippen molar-refractivity contribution in [3.63, 3.8) is 0 Å². The Bertz CT molecular complexity index is 1560. The molecule has 0 aliphatic carbocycles. The van der Waals surface area contributed by atoms with E-state index < -0.39 is 54.1 Å². The molecule has 0 radical (unpaired) electrons. The maximum atomic E-state index is 14.0. The van der Waals surface area contributed by atoms with Crippen LogP contribution in [0.25, 0.3) is 10.8 Å². The van der Waals surface area contributed by atoms with Crippen molar-refractivity contribution in [2.75, 3.05) is 25.1 Å². The van der Waals surface area contributed by atoms with Gasteiger partial charge in [0.25, 0.3) is 0 Å². The summed E-state index contributed by atoms with van der Waals surface area (Å²) in [6.45, 7) is 5.44. The van der Waals surface area contributed by atoms with Gasteiger partial charge in [0.2, 0.25) is 11.8 Å². The van der Waals surface area contributed by atoms with Gasteiger partial charge in [-0.2, -0.15) is 0 Å². The fourth-order valence-electron chi connectivity index (χ4n) is 4.32. The van der Waals surface area contributed by atoms with E-state index in [4.69, 9.17) is 21.1 Å². The Hall–Kier alpha value is -4.60. The quantitative estimate of drug-likeness (QED) is 0.125. The Balaban J connectivity index is 1.65. The number of aromatic nitrogens is 2. The monoisotopic (exact) mass is 675 g/mol. The molecule has 47 heavy (non-hydrogen) atoms. The molecule has 3 aromatic rings. The molecule has 0 aliphatic heterocycles. The summed E-state index contributed by atoms with van der Waals surface area (Å²) in [4.78, 5) is 58.3. The first-order chi connectivity index (χ1) is 22.3. The van der Waals surface area contributed by atoms with E-state index in [9.17, 15) is 28.7 Å². The lowest BCUT2D eigenvalue weighted by atomic mass is 10.1. The molecule has 1 aromatic carbocycles. The third kappa shape index (κ3) is 11.9. The maximum Gasteiger partial charge on any atom is 0.412 e. The number of hydrogen-bond donors (Lipinski definition) is 5. The molecule has 0 saturated heterocycles. The summed E-state index contributed by atoms with van der Waals surface area (Å²) in [6, 6.07) is 5.72. The highest BCUT2D eigenvalue weighted by Crippen LogP contribution is 2.20. The minimum Gasteiger partial charge on any atom is -0.447 e. The van der Waals surface area contributed by atoms with Crippen molar-refractivity contribution in [2.45, 2.75) is 64.8 Å². The second-order valence-electron chi connectivity index (χ2n) is 11.4. The Morgan fingerprint density at radius 2 is 1.87 bits per heavy atom. The topological polar surface area (TPSA) is 184 Å². The van der Waals surface area contributed by atoms with Crippen LogP contribution in [0.4, 0.5) is 19.8 Å². The smallest absolute Gasteiger partial charge is 0.412 e. The van der Waals surface area contributed by atoms with Gasteiger partial charge in [0.15, 0.2) is 0 Å². The van der Waals surface area contributed by atoms with E-state index in [2.05, 4.69) is 31.3 Å². The number of carbonyl (C=O) groups is 4. The van der Waals surface area contributed by atoms with Crippen LogP contribution in [0.1, 0.15) is 46.1 Å². The molecule has 2 heterocycles. The molecule has 14 nitrogen and oxygen atoms in total. The number of nitrogens with one attached hydrogen (secondary N) is 4. The normalized spacial score (nSPS) is 12.5. The number of anilines is 1. The van der Waals surface area contributed by atoms with Gasteiger partial charge < -0.3 is 25.2 Å². The molecule has 3 rings (SSSR count). The molecule has 5 N–H and O–H groups in total. The molecule has 0 spiro atoms. The molecule has 0 aliphatic rings. The zero-order valence-electron chi connectivity index (χ0n) is 26.5. The average molecular weight is 676 g/mol. The molecule has 0 saturated carbocycles. The maximum absolute atomic E-state index is 14.0. The number of hydrazine groups is 1. The number of aliphatic hydroxyl groups is 1. The van der Waals surface area contributed by atoms with Crippen LogP contribution >= 0.6 is 11.6 Å². The van der Waals surface area contributed by atoms with Crippen molar-refractivity contribution >= 4 is 52.2 Å². The van der Waals surface area contributed by atoms with Crippen molar-refractivity contribution in [1.82, 2.24) is 31.0 Å². The molecule has 16 heteroatoms. The molecular formula is C31H39ClFN7O7. The van der Waals surface area contributed by atoms with Gasteiger partial charge in [0, 0.05) is 44.0 Å². The Morgan fingerprint density at radius 1 is 1.11 bits per heavy atom. The number of alkyl carbamates (subject to hydrolysis) is 1. The van der Waals surface area contributed by atoms with Crippen LogP contribution in [0.15, 0.2) is 48.9 Å². The standard InChI is InChI=1S/C31H39ClFN7O7/c1-19(42)40(37-16-21-7-5-9-24(33)27(21)32)23(8-6-11-35-28(43)25(17-41)38-30(45)47-31(2,3)4)18-46-29(44)39-26-13-20-10-12-34-14-22(20)15-36-26/h5,7,9-10,12-15,23,25,37,41H,6,8,11,16-18H2,1-4H3,(H,35,43)(H,38,45)(H,36,39,44)/t23-,25-/m0/s1. The van der Waals surface area contributed by atoms with Crippen LogP contribution in [0.2, 0.25) is 5.02 Å². The lowest BCUT2D eigenvalue weighted by Crippen LogP contribution is -2.51. The van der Waals surface area contributed by atoms with Gasteiger partial charge in [-0.1, -0.05) is 23.7 Å². The number of benzene rings is 1. The van der Waals surface area contributed by atoms with Gasteiger partial charge in [0.05, 0.1) is 17.7 Å². The Labute approximate surface area is 276 Å². The predicted octanol–water partition coefficient (Wildman–Crippen LogP) is 3.67. The van der Waals surface area contributed by atoms with Crippen LogP contribution < -0.4 is 21.4 Å². The summed E-state index contributed by atoms with van der Waals surface area (Å²) < 4.78 is 24.6. The summed E-state index contributed by atoms with van der Waals surface area (Å²) in [5.74, 6) is -1.45. The average Bonchev–Trinajstić information content (AvgIpc) is 3.01. The zero-order chi connectivity index (χ0) is 34.6. The largest absolute Gasteiger partial charge is 0.447 e. The number of carbonyl (C=O) groups excluding carboxylic acids is 4. The highest BCUT2D eigenvalue weighted by molar-refractivity contribution is 6.31. The van der Waals surface area contributed by atoms with E-state index in [1.165, 1.54) is 24.1 Å². The lowest BCUT2D eigenvalue weighted by Gasteiger charge is -2.31. The fourth-order valence-corrected chi connectivity index (χ4v) is 4.51. The first-order valence-electron chi connectivity index (χ1n) is 14.7. The predicted molar refractivity (Wildman–Crippen MR) is 172 cm³/mol. The minimum absolute atomic E-state index is 0.0139. The first kappa shape index (κ1) is 36.9. The van der Waals surface area contributed by atoms with Crippen molar-refractivity contribution in [3.05, 3.63) is 65.3 Å². The van der Waals surface area contributed by atoms with E-state index >= 15 is 0 Å². The van der Waals surface area contributed by atoms with Crippen molar-refractivity contribution in [3.8, 4) is 0 Å². The Kier molecular flexibility index (Phi) is 13.6. The number of rotatable bonds is 14. The summed E-state index contributed by atoms with van der Waals surface area (Å²) in [5, 5.41) is 19.8. The van der Waals surface area contributed by atoms with E-state index in [1.54, 1.807) is 57.6 Å². The number of aliphatic hydroxyl groups excluding tert-OH is 1. The number of pyridine rings is 2. The number of hydrogen-bond acceptors (Lipinski definition) is 10. The van der Waals surface area contributed by atoms with Crippen molar-refractivity contribution in [1.29, 1.82) is 0 Å². The molecule has 254 valence electrons. The minimum atomic E-state index is -1.25. The SMILES string of the molecule is CC(=O)N(NCc1cccc(F)c1Cl)[C@@H](CCCNC(=O)[C@H](CO)NC(=O)OC(C)(C)C)COC(=O)Nc1cc2ccncc2cn1. The summed E-state index contributed by atoms with van der Waals surface area (Å²) in [7, 11) is 0. The first-order valence-corrected chi connectivity index (χ1v) is 15.1. The van der Waals surface area contributed by atoms with Crippen LogP contribution in [0.5, 0.6) is 0 Å². The summed E-state index contributed by atoms with van der Waals surface area (Å²) in [6.07, 6.45) is 3.64. The third-order valence-electron chi connectivity index (χ3n) is 6.54. The molecular weight excluding hydrogens is 637 g/mol. The van der Waals surface area contributed by atoms with Gasteiger partial charge in [0.1, 0.15) is 29.9 Å². The molecule has 0 fully saturated rings. The second kappa shape index (κ2) is 17.4. The highest BCUT2D eigenvalue weighted by atomic mass is 35.5. The summed E-state index contributed by atoms with van der Waals surface area (Å²) >= 11 is 6.09. The summed E-state index contributed by atoms with van der Waals surface area (Å²) in [5.41, 5.74) is 2.53. The van der Waals surface area contributed by atoms with Crippen LogP contribution in [0.3, 0.4) is 0 Å². The van der Waals surface area contributed by atoms with Gasteiger partial charge in [-0.3, -0.25) is 24.9 Å². The van der Waals surface area contributed by atoms with Crippen LogP contribution in [-0.4, -0.2) is 81.5 Å². The van der Waals surface area contributed by atoms with Crippen molar-refractivity contribution in [2.24, 2.45) is 0 Å². The van der Waals surface area contributed by atoms with E-state index in [0.29, 0.717) is 12.0 Å². The number of fused-ring (bicyclic) bond motifs is 1. The molecule has 2 aromatic heterocycles. The molecule has 2 atom stereocenters. The molecule has 0 unspecified atom stereocenters. The number of amides is 4. The Morgan fingerprint density at radius 3 is 2.57 bits per heavy atom. The highest BCUT2D eigenvalue weighted by Gasteiger charge is 2.26. The number of nitrogens with zero attached hydrogens (tertiary/aromatic N) is 3. The second-order valence-corrected chi connectivity index (χ2v) is 11.8. The third-order valence-corrected chi connectivity index (χ3v) is 6.96. The van der Waals surface area contributed by atoms with Crippen molar-refractivity contribution < 1.29 is 38.1 Å². The lowest BCUT2D eigenvalue weighted by molar-refractivity contribution is -0.136. The van der Waals surface area contributed by atoms with E-state index in [-0.39, 0.29) is 37.0 Å². The van der Waals surface area contributed by atoms with E-state index in [1.807, 2.05) is 0 Å². The fraction of sp³-hybridized carbons (Fsp3) is 0.419. The molecule has 4 amide bonds. The number of halogens is 2. The van der Waals surface area contributed by atoms with E-state index in [0.717, 1.165) is 10.8 Å². The number of ether oxygens (including phenoxy) is 2. The van der Waals surface area contributed by atoms with Crippen LogP contribution in [0, 0.1) is 5.82 Å². The van der Waals surface area contributed by atoms with Gasteiger partial charge in [-0.05, 0) is 62.8 Å². The molecule has 0 bridgehead atoms. The van der Waals surface area contributed by atoms with Gasteiger partial charge >= 0.3 is 12.2 Å². The van der Waals surface area contributed by atoms with Gasteiger partial charge in [-0.15, -0.1) is 0 Å². The zero-order valence-corrected chi connectivity index (χ0v) is 27.3.